The van der Waals surface area contributed by atoms with Crippen LogP contribution in [0.1, 0.15) is 121 Å². The van der Waals surface area contributed by atoms with E-state index in [4.69, 9.17) is 37.8 Å². The second-order valence-corrected chi connectivity index (χ2v) is 20.0. The van der Waals surface area contributed by atoms with E-state index in [1.165, 1.54) is 7.11 Å². The zero-order valence-electron chi connectivity index (χ0n) is 37.3. The van der Waals surface area contributed by atoms with Crippen LogP contribution in [0.15, 0.2) is 53.0 Å². The molecule has 334 valence electrons. The molecule has 62 heavy (non-hydrogen) atoms. The predicted octanol–water partition coefficient (Wildman–Crippen LogP) is 7.81. The number of benzene rings is 2. The van der Waals surface area contributed by atoms with Crippen molar-refractivity contribution in [3.05, 3.63) is 75.8 Å². The van der Waals surface area contributed by atoms with Gasteiger partial charge in [-0.05, 0) is 103 Å². The Labute approximate surface area is 368 Å². The number of anilines is 1. The summed E-state index contributed by atoms with van der Waals surface area (Å²) in [5, 5.41) is 11.9. The van der Waals surface area contributed by atoms with Crippen molar-refractivity contribution in [2.45, 2.75) is 130 Å². The van der Waals surface area contributed by atoms with Gasteiger partial charge in [-0.2, -0.15) is 0 Å². The van der Waals surface area contributed by atoms with E-state index in [1.54, 1.807) is 53.0 Å². The molecule has 0 radical (unpaired) electrons. The highest BCUT2D eigenvalue weighted by molar-refractivity contribution is 7.14. The monoisotopic (exact) mass is 874 g/mol. The highest BCUT2D eigenvalue weighted by Crippen LogP contribution is 2.65. The lowest BCUT2D eigenvalue weighted by Crippen LogP contribution is -2.65. The Kier molecular flexibility index (Phi) is 13.1. The summed E-state index contributed by atoms with van der Waals surface area (Å²) in [6.07, 6.45) is 0.973. The third-order valence-electron chi connectivity index (χ3n) is 12.0. The quantitative estimate of drug-likeness (QED) is 0.0739. The van der Waals surface area contributed by atoms with Gasteiger partial charge in [-0.1, -0.05) is 61.5 Å². The lowest BCUT2D eigenvalue weighted by Gasteiger charge is -2.64. The average Bonchev–Trinajstić information content (AvgIpc) is 3.81. The number of amides is 2. The molecule has 2 aromatic carbocycles. The highest BCUT2D eigenvalue weighted by Gasteiger charge is 2.68. The summed E-state index contributed by atoms with van der Waals surface area (Å²) in [7, 11) is 0.579. The highest BCUT2D eigenvalue weighted by atomic mass is 32.1. The Hall–Kier alpha value is -4.55. The number of nitrogens with one attached hydrogen (secondary N) is 2. The van der Waals surface area contributed by atoms with E-state index >= 15 is 0 Å². The van der Waals surface area contributed by atoms with Gasteiger partial charge in [0.25, 0.3) is 5.91 Å². The van der Waals surface area contributed by atoms with E-state index in [0.29, 0.717) is 30.3 Å². The fourth-order valence-electron chi connectivity index (χ4n) is 8.98. The van der Waals surface area contributed by atoms with Crippen LogP contribution in [0.25, 0.3) is 0 Å². The number of oxime groups is 1. The van der Waals surface area contributed by atoms with E-state index in [9.17, 15) is 14.4 Å². The number of aromatic nitrogens is 1. The van der Waals surface area contributed by atoms with Gasteiger partial charge in [0.1, 0.15) is 34.8 Å². The Morgan fingerprint density at radius 3 is 2.35 bits per heavy atom. The van der Waals surface area contributed by atoms with Crippen LogP contribution in [0.3, 0.4) is 0 Å². The molecule has 5 aliphatic rings. The van der Waals surface area contributed by atoms with Gasteiger partial charge in [0.05, 0.1) is 38.0 Å². The Balaban J connectivity index is 1.25. The molecule has 2 aliphatic heterocycles. The summed E-state index contributed by atoms with van der Waals surface area (Å²) < 4.78 is 43.1. The Bertz CT molecular complexity index is 2150. The fraction of sp³-hybridized carbons (Fsp3) is 0.578. The first-order chi connectivity index (χ1) is 29.3. The van der Waals surface area contributed by atoms with E-state index < -0.39 is 54.1 Å². The van der Waals surface area contributed by atoms with Crippen LogP contribution >= 0.6 is 11.3 Å². The number of rotatable bonds is 13. The van der Waals surface area contributed by atoms with Crippen molar-refractivity contribution < 1.29 is 52.2 Å². The number of thiazole rings is 1. The van der Waals surface area contributed by atoms with Crippen molar-refractivity contribution in [2.24, 2.45) is 22.4 Å². The van der Waals surface area contributed by atoms with Crippen LogP contribution in [0.5, 0.6) is 5.75 Å². The standard InChI is InChI=1S/C45H59BN4O11S/c1-42(2,3)58-38(52)34-29(39-55-19-14-20-56-39)18-17-27(36(34)54-10)21-33(46-60-32-23-28-22-31(44(28,7)8)45(32,9)61-46)48-37(51)35(50-57-24-26-15-12-11-13-16-26)30-25-62-40(47-30)49-41(53)59-43(4,5)6/h11-13,15-18,25,28,31-33,39H,14,19-24H2,1-10H3,(H,48,51)(H,47,49,53)/b50-35-/t28-,31+,32?,33?,45+/m1/s1. The number of nitrogens with zero attached hydrogens (tertiary/aromatic N) is 2. The zero-order chi connectivity index (χ0) is 44.6. The zero-order valence-corrected chi connectivity index (χ0v) is 38.1. The molecule has 5 fully saturated rings. The van der Waals surface area contributed by atoms with E-state index in [2.05, 4.69) is 41.5 Å². The number of hydrogen-bond acceptors (Lipinski definition) is 14. The normalized spacial score (nSPS) is 24.0. The molecule has 15 nitrogen and oxygen atoms in total. The van der Waals surface area contributed by atoms with Crippen molar-refractivity contribution in [1.82, 2.24) is 10.3 Å². The van der Waals surface area contributed by atoms with Crippen molar-refractivity contribution in [3.63, 3.8) is 0 Å². The SMILES string of the molecule is COc1c(CC(NC(=O)/C(=N\OCc2ccccc2)c2csc(NC(=O)OC(C)(C)C)n2)B2OC3C[C@H]4C[C@@H](C4(C)C)[C@]3(C)O2)ccc(C2OCCCO2)c1C(=O)OC(C)(C)C. The molecule has 1 aromatic heterocycles. The summed E-state index contributed by atoms with van der Waals surface area (Å²) >= 11 is 1.10. The molecule has 0 spiro atoms. The minimum Gasteiger partial charge on any atom is -0.496 e. The number of hydrogen-bond donors (Lipinski definition) is 2. The van der Waals surface area contributed by atoms with Crippen LogP contribution in [-0.4, -0.2) is 85.0 Å². The molecule has 3 heterocycles. The van der Waals surface area contributed by atoms with Crippen molar-refractivity contribution in [3.8, 4) is 5.75 Å². The number of ether oxygens (including phenoxy) is 5. The molecular weight excluding hydrogens is 815 g/mol. The second kappa shape index (κ2) is 17.9. The molecule has 3 aliphatic carbocycles. The molecule has 2 amide bonds. The van der Waals surface area contributed by atoms with E-state index in [1.807, 2.05) is 36.4 Å². The van der Waals surface area contributed by atoms with Gasteiger partial charge >= 0.3 is 19.2 Å². The maximum Gasteiger partial charge on any atom is 0.482 e. The topological polar surface area (TPSA) is 174 Å². The largest absolute Gasteiger partial charge is 0.496 e. The average molecular weight is 875 g/mol. The number of esters is 1. The maximum absolute atomic E-state index is 14.8. The molecule has 3 saturated carbocycles. The van der Waals surface area contributed by atoms with Crippen LogP contribution in [-0.2, 0) is 50.9 Å². The molecule has 8 rings (SSSR count). The minimum atomic E-state index is -0.908. The lowest BCUT2D eigenvalue weighted by molar-refractivity contribution is -0.199. The summed E-state index contributed by atoms with van der Waals surface area (Å²) in [6, 6.07) is 13.0. The number of carbonyl (C=O) groups excluding carboxylic acids is 3. The maximum atomic E-state index is 14.8. The first-order valence-corrected chi connectivity index (χ1v) is 22.1. The van der Waals surface area contributed by atoms with Crippen LogP contribution < -0.4 is 15.4 Å². The summed E-state index contributed by atoms with van der Waals surface area (Å²) in [5.41, 5.74) is -0.0340. The summed E-state index contributed by atoms with van der Waals surface area (Å²) in [6.45, 7) is 18.3. The molecule has 3 aromatic rings. The van der Waals surface area contributed by atoms with Crippen molar-refractivity contribution >= 4 is 47.3 Å². The van der Waals surface area contributed by atoms with Crippen molar-refractivity contribution in [2.75, 3.05) is 25.6 Å². The van der Waals surface area contributed by atoms with Gasteiger partial charge < -0.3 is 43.1 Å². The molecule has 2 unspecified atom stereocenters. The van der Waals surface area contributed by atoms with E-state index in [-0.39, 0.29) is 58.3 Å². The molecule has 17 heteroatoms. The minimum absolute atomic E-state index is 0.0679. The Morgan fingerprint density at radius 2 is 1.69 bits per heavy atom. The predicted molar refractivity (Wildman–Crippen MR) is 233 cm³/mol. The first kappa shape index (κ1) is 45.5. The lowest BCUT2D eigenvalue weighted by atomic mass is 9.43. The molecule has 2 bridgehead atoms. The van der Waals surface area contributed by atoms with Gasteiger partial charge in [-0.3, -0.25) is 10.1 Å². The number of carbonyl (C=O) groups is 3. The van der Waals surface area contributed by atoms with Gasteiger partial charge in [0, 0.05) is 10.9 Å². The first-order valence-electron chi connectivity index (χ1n) is 21.3. The van der Waals surface area contributed by atoms with Crippen molar-refractivity contribution in [1.29, 1.82) is 0 Å². The third-order valence-corrected chi connectivity index (χ3v) is 12.8. The summed E-state index contributed by atoms with van der Waals surface area (Å²) in [4.78, 5) is 51.8. The van der Waals surface area contributed by atoms with Crippen LogP contribution in [0.2, 0.25) is 0 Å². The molecular formula is C45H59BN4O11S. The van der Waals surface area contributed by atoms with Gasteiger partial charge in [0.15, 0.2) is 17.1 Å². The van der Waals surface area contributed by atoms with E-state index in [0.717, 1.165) is 36.2 Å². The smallest absolute Gasteiger partial charge is 0.482 e. The van der Waals surface area contributed by atoms with Gasteiger partial charge in [-0.15, -0.1) is 11.3 Å². The number of methoxy groups -OCH3 is 1. The van der Waals surface area contributed by atoms with Gasteiger partial charge in [-0.25, -0.2) is 14.6 Å². The second-order valence-electron chi connectivity index (χ2n) is 19.1. The fourth-order valence-corrected chi connectivity index (χ4v) is 9.66. The molecule has 2 N–H and O–H groups in total. The Morgan fingerprint density at radius 1 is 0.984 bits per heavy atom. The van der Waals surface area contributed by atoms with Crippen LogP contribution in [0.4, 0.5) is 9.93 Å². The third kappa shape index (κ3) is 9.97. The molecule has 5 atom stereocenters. The van der Waals surface area contributed by atoms with Crippen LogP contribution in [0, 0.1) is 17.3 Å². The molecule has 2 saturated heterocycles. The van der Waals surface area contributed by atoms with Gasteiger partial charge in [0.2, 0.25) is 0 Å². The summed E-state index contributed by atoms with van der Waals surface area (Å²) in [5.74, 6) is -1.11.